The van der Waals surface area contributed by atoms with Crippen LogP contribution in [0.15, 0.2) is 42.6 Å². The summed E-state index contributed by atoms with van der Waals surface area (Å²) in [5.41, 5.74) is 1.87. The Bertz CT molecular complexity index is 850. The topological polar surface area (TPSA) is 74.3 Å². The Morgan fingerprint density at radius 1 is 1.14 bits per heavy atom. The van der Waals surface area contributed by atoms with Crippen LogP contribution in [0.4, 0.5) is 17.2 Å². The molecule has 28 heavy (non-hydrogen) atoms. The molecular formula is C22H28N4O2. The van der Waals surface area contributed by atoms with E-state index in [1.807, 2.05) is 19.9 Å². The first kappa shape index (κ1) is 19.9. The fourth-order valence-corrected chi connectivity index (χ4v) is 3.29. The Labute approximate surface area is 166 Å². The van der Waals surface area contributed by atoms with Crippen LogP contribution in [-0.4, -0.2) is 29.9 Å². The van der Waals surface area contributed by atoms with Crippen LogP contribution in [0.1, 0.15) is 44.0 Å². The first-order chi connectivity index (χ1) is 13.4. The van der Waals surface area contributed by atoms with E-state index in [9.17, 15) is 9.59 Å². The van der Waals surface area contributed by atoms with Crippen LogP contribution in [0.3, 0.4) is 0 Å². The third kappa shape index (κ3) is 5.09. The van der Waals surface area contributed by atoms with E-state index in [2.05, 4.69) is 27.4 Å². The largest absolute Gasteiger partial charge is 0.356 e. The lowest BCUT2D eigenvalue weighted by molar-refractivity contribution is -0.118. The van der Waals surface area contributed by atoms with Crippen molar-refractivity contribution in [3.8, 4) is 0 Å². The van der Waals surface area contributed by atoms with Gasteiger partial charge in [0.15, 0.2) is 0 Å². The van der Waals surface area contributed by atoms with Gasteiger partial charge in [0.25, 0.3) is 5.91 Å². The average Bonchev–Trinajstić information content (AvgIpc) is 2.68. The summed E-state index contributed by atoms with van der Waals surface area (Å²) in [7, 11) is 0. The number of piperidine rings is 1. The van der Waals surface area contributed by atoms with Crippen LogP contribution in [0, 0.1) is 11.8 Å². The van der Waals surface area contributed by atoms with E-state index in [-0.39, 0.29) is 17.7 Å². The van der Waals surface area contributed by atoms with E-state index in [4.69, 9.17) is 0 Å². The molecule has 0 aliphatic carbocycles. The van der Waals surface area contributed by atoms with Gasteiger partial charge in [0.1, 0.15) is 5.82 Å². The summed E-state index contributed by atoms with van der Waals surface area (Å²) < 4.78 is 0. The fraction of sp³-hybridized carbons (Fsp3) is 0.409. The number of amides is 2. The first-order valence-electron chi connectivity index (χ1n) is 9.85. The van der Waals surface area contributed by atoms with Gasteiger partial charge in [0.2, 0.25) is 5.91 Å². The number of pyridine rings is 1. The number of anilines is 3. The molecule has 2 aromatic rings. The number of carbonyl (C=O) groups excluding carboxylic acids is 2. The Kier molecular flexibility index (Phi) is 6.29. The third-order valence-electron chi connectivity index (χ3n) is 4.90. The van der Waals surface area contributed by atoms with Crippen molar-refractivity contribution in [1.82, 2.24) is 4.98 Å². The molecule has 0 bridgehead atoms. The minimum Gasteiger partial charge on any atom is -0.356 e. The summed E-state index contributed by atoms with van der Waals surface area (Å²) in [6.07, 6.45) is 4.07. The molecule has 0 radical (unpaired) electrons. The molecule has 2 amide bonds. The second-order valence-electron chi connectivity index (χ2n) is 7.78. The van der Waals surface area contributed by atoms with Crippen molar-refractivity contribution >= 4 is 29.0 Å². The number of benzene rings is 1. The van der Waals surface area contributed by atoms with Crippen molar-refractivity contribution in [1.29, 1.82) is 0 Å². The Hall–Kier alpha value is -2.89. The van der Waals surface area contributed by atoms with E-state index in [0.717, 1.165) is 25.3 Å². The standard InChI is InChI=1S/C22H28N4O2/c1-15(2)21(27)24-18-7-4-8-19(13-18)25-22(28)17-9-10-23-20(12-17)26-11-5-6-16(3)14-26/h4,7-10,12-13,15-16H,5-6,11,14H2,1-3H3,(H,24,27)(H,25,28)/t16-/m1/s1. The van der Waals surface area contributed by atoms with Gasteiger partial charge >= 0.3 is 0 Å². The van der Waals surface area contributed by atoms with Crippen LogP contribution in [0.5, 0.6) is 0 Å². The van der Waals surface area contributed by atoms with E-state index in [1.165, 1.54) is 6.42 Å². The molecule has 1 atom stereocenters. The van der Waals surface area contributed by atoms with Crippen LogP contribution >= 0.6 is 0 Å². The zero-order valence-electron chi connectivity index (χ0n) is 16.7. The van der Waals surface area contributed by atoms with Gasteiger partial charge in [-0.2, -0.15) is 0 Å². The molecule has 1 fully saturated rings. The molecule has 1 aliphatic heterocycles. The number of rotatable bonds is 5. The molecule has 148 valence electrons. The zero-order chi connectivity index (χ0) is 20.1. The smallest absolute Gasteiger partial charge is 0.255 e. The predicted molar refractivity (Wildman–Crippen MR) is 113 cm³/mol. The van der Waals surface area contributed by atoms with Gasteiger partial charge in [-0.05, 0) is 49.1 Å². The Morgan fingerprint density at radius 3 is 2.61 bits per heavy atom. The number of carbonyl (C=O) groups is 2. The third-order valence-corrected chi connectivity index (χ3v) is 4.90. The molecule has 0 saturated carbocycles. The molecule has 0 spiro atoms. The van der Waals surface area contributed by atoms with Gasteiger partial charge in [-0.1, -0.05) is 26.8 Å². The van der Waals surface area contributed by atoms with Crippen molar-refractivity contribution in [2.45, 2.75) is 33.6 Å². The lowest BCUT2D eigenvalue weighted by Gasteiger charge is -2.31. The van der Waals surface area contributed by atoms with Crippen LogP contribution in [0.25, 0.3) is 0 Å². The normalized spacial score (nSPS) is 16.7. The summed E-state index contributed by atoms with van der Waals surface area (Å²) in [6.45, 7) is 7.86. The molecule has 1 aliphatic rings. The highest BCUT2D eigenvalue weighted by Crippen LogP contribution is 2.22. The van der Waals surface area contributed by atoms with Gasteiger partial charge in [-0.3, -0.25) is 9.59 Å². The molecule has 2 N–H and O–H groups in total. The summed E-state index contributed by atoms with van der Waals surface area (Å²) in [6, 6.07) is 10.7. The monoisotopic (exact) mass is 380 g/mol. The highest BCUT2D eigenvalue weighted by molar-refractivity contribution is 6.05. The second kappa shape index (κ2) is 8.87. The number of nitrogens with zero attached hydrogens (tertiary/aromatic N) is 2. The lowest BCUT2D eigenvalue weighted by atomic mass is 10.0. The molecule has 1 aromatic heterocycles. The highest BCUT2D eigenvalue weighted by Gasteiger charge is 2.18. The molecule has 6 heteroatoms. The van der Waals surface area contributed by atoms with Crippen molar-refractivity contribution in [2.24, 2.45) is 11.8 Å². The summed E-state index contributed by atoms with van der Waals surface area (Å²) in [5, 5.41) is 5.75. The first-order valence-corrected chi connectivity index (χ1v) is 9.85. The summed E-state index contributed by atoms with van der Waals surface area (Å²) >= 11 is 0. The molecule has 2 heterocycles. The molecule has 0 unspecified atom stereocenters. The van der Waals surface area contributed by atoms with E-state index in [0.29, 0.717) is 22.9 Å². The maximum absolute atomic E-state index is 12.7. The van der Waals surface area contributed by atoms with Crippen molar-refractivity contribution in [2.75, 3.05) is 28.6 Å². The zero-order valence-corrected chi connectivity index (χ0v) is 16.7. The number of nitrogens with one attached hydrogen (secondary N) is 2. The molecule has 3 rings (SSSR count). The van der Waals surface area contributed by atoms with E-state index >= 15 is 0 Å². The molecule has 1 aromatic carbocycles. The predicted octanol–water partition coefficient (Wildman–Crippen LogP) is 4.16. The molecule has 1 saturated heterocycles. The van der Waals surface area contributed by atoms with Crippen molar-refractivity contribution in [3.05, 3.63) is 48.2 Å². The SMILES string of the molecule is CC(C)C(=O)Nc1cccc(NC(=O)c2ccnc(N3CCC[C@@H](C)C3)c2)c1. The maximum Gasteiger partial charge on any atom is 0.255 e. The van der Waals surface area contributed by atoms with Crippen molar-refractivity contribution in [3.63, 3.8) is 0 Å². The summed E-state index contributed by atoms with van der Waals surface area (Å²) in [4.78, 5) is 31.3. The fourth-order valence-electron chi connectivity index (χ4n) is 3.29. The Morgan fingerprint density at radius 2 is 1.89 bits per heavy atom. The minimum atomic E-state index is -0.193. The van der Waals surface area contributed by atoms with Gasteiger partial charge in [-0.25, -0.2) is 4.98 Å². The summed E-state index contributed by atoms with van der Waals surface area (Å²) in [5.74, 6) is 1.12. The van der Waals surface area contributed by atoms with Gasteiger partial charge in [-0.15, -0.1) is 0 Å². The van der Waals surface area contributed by atoms with Gasteiger partial charge in [0.05, 0.1) is 0 Å². The van der Waals surface area contributed by atoms with E-state index in [1.54, 1.807) is 36.5 Å². The molecule has 6 nitrogen and oxygen atoms in total. The van der Waals surface area contributed by atoms with Gasteiger partial charge < -0.3 is 15.5 Å². The van der Waals surface area contributed by atoms with Crippen LogP contribution in [-0.2, 0) is 4.79 Å². The number of hydrogen-bond donors (Lipinski definition) is 2. The minimum absolute atomic E-state index is 0.0574. The Balaban J connectivity index is 1.69. The quantitative estimate of drug-likeness (QED) is 0.817. The van der Waals surface area contributed by atoms with Gasteiger partial charge in [0, 0.05) is 42.1 Å². The average molecular weight is 380 g/mol. The maximum atomic E-state index is 12.7. The number of aromatic nitrogens is 1. The van der Waals surface area contributed by atoms with Crippen LogP contribution < -0.4 is 15.5 Å². The van der Waals surface area contributed by atoms with Crippen molar-refractivity contribution < 1.29 is 9.59 Å². The second-order valence-corrected chi connectivity index (χ2v) is 7.78. The van der Waals surface area contributed by atoms with E-state index < -0.39 is 0 Å². The lowest BCUT2D eigenvalue weighted by Crippen LogP contribution is -2.34. The highest BCUT2D eigenvalue weighted by atomic mass is 16.2. The molecular weight excluding hydrogens is 352 g/mol. The number of hydrogen-bond acceptors (Lipinski definition) is 4. The van der Waals surface area contributed by atoms with Crippen LogP contribution in [0.2, 0.25) is 0 Å².